The van der Waals surface area contributed by atoms with E-state index in [1.165, 1.54) is 0 Å². The number of piperazine rings is 1. The van der Waals surface area contributed by atoms with Gasteiger partial charge >= 0.3 is 0 Å². The lowest BCUT2D eigenvalue weighted by molar-refractivity contribution is 0.245. The first kappa shape index (κ1) is 17.5. The van der Waals surface area contributed by atoms with Gasteiger partial charge in [0.1, 0.15) is 23.6 Å². The van der Waals surface area contributed by atoms with Crippen LogP contribution in [0, 0.1) is 0 Å². The van der Waals surface area contributed by atoms with Crippen LogP contribution in [0.2, 0.25) is 0 Å². The van der Waals surface area contributed by atoms with Crippen molar-refractivity contribution < 1.29 is 9.47 Å². The van der Waals surface area contributed by atoms with Crippen molar-refractivity contribution in [2.24, 2.45) is 0 Å². The Hall–Kier alpha value is -2.86. The average Bonchev–Trinajstić information content (AvgIpc) is 2.74. The zero-order chi connectivity index (χ0) is 18.6. The van der Waals surface area contributed by atoms with Crippen molar-refractivity contribution in [2.45, 2.75) is 6.54 Å². The summed E-state index contributed by atoms with van der Waals surface area (Å²) in [6.45, 7) is 4.66. The molecule has 1 fully saturated rings. The van der Waals surface area contributed by atoms with Crippen LogP contribution in [0.25, 0.3) is 10.9 Å². The van der Waals surface area contributed by atoms with E-state index >= 15 is 0 Å². The van der Waals surface area contributed by atoms with Crippen LogP contribution in [-0.4, -0.2) is 55.3 Å². The summed E-state index contributed by atoms with van der Waals surface area (Å²) >= 11 is 0. The van der Waals surface area contributed by atoms with Gasteiger partial charge in [-0.3, -0.25) is 4.90 Å². The van der Waals surface area contributed by atoms with E-state index in [0.717, 1.165) is 66.5 Å². The van der Waals surface area contributed by atoms with Crippen LogP contribution in [0.15, 0.2) is 48.8 Å². The van der Waals surface area contributed by atoms with Gasteiger partial charge in [-0.15, -0.1) is 0 Å². The Morgan fingerprint density at radius 1 is 0.926 bits per heavy atom. The third-order valence-corrected chi connectivity index (χ3v) is 5.08. The van der Waals surface area contributed by atoms with Crippen molar-refractivity contribution in [2.75, 3.05) is 45.3 Å². The lowest BCUT2D eigenvalue weighted by Crippen LogP contribution is -2.46. The van der Waals surface area contributed by atoms with Gasteiger partial charge < -0.3 is 14.4 Å². The van der Waals surface area contributed by atoms with E-state index in [9.17, 15) is 0 Å². The highest BCUT2D eigenvalue weighted by Crippen LogP contribution is 2.27. The topological polar surface area (TPSA) is 50.7 Å². The molecule has 0 aliphatic carbocycles. The van der Waals surface area contributed by atoms with Crippen LogP contribution in [0.5, 0.6) is 11.5 Å². The normalized spacial score (nSPS) is 15.1. The number of para-hydroxylation sites is 1. The Labute approximate surface area is 159 Å². The molecule has 1 aliphatic heterocycles. The van der Waals surface area contributed by atoms with Crippen molar-refractivity contribution in [1.82, 2.24) is 14.9 Å². The van der Waals surface area contributed by atoms with Gasteiger partial charge in [-0.25, -0.2) is 9.97 Å². The molecular formula is C21H24N4O2. The summed E-state index contributed by atoms with van der Waals surface area (Å²) in [6.07, 6.45) is 1.66. The first-order valence-corrected chi connectivity index (χ1v) is 9.16. The Morgan fingerprint density at radius 3 is 2.52 bits per heavy atom. The van der Waals surface area contributed by atoms with Gasteiger partial charge in [-0.2, -0.15) is 0 Å². The highest BCUT2D eigenvalue weighted by atomic mass is 16.5. The molecule has 6 heteroatoms. The maximum absolute atomic E-state index is 5.52. The second-order valence-corrected chi connectivity index (χ2v) is 6.66. The molecule has 3 aromatic rings. The van der Waals surface area contributed by atoms with Crippen molar-refractivity contribution >= 4 is 16.7 Å². The van der Waals surface area contributed by atoms with E-state index < -0.39 is 0 Å². The Balaban J connectivity index is 1.46. The van der Waals surface area contributed by atoms with E-state index in [1.807, 2.05) is 30.3 Å². The predicted molar refractivity (Wildman–Crippen MR) is 107 cm³/mol. The monoisotopic (exact) mass is 364 g/mol. The quantitative estimate of drug-likeness (QED) is 0.694. The summed E-state index contributed by atoms with van der Waals surface area (Å²) in [5.74, 6) is 2.79. The lowest BCUT2D eigenvalue weighted by atomic mass is 10.1. The molecule has 0 N–H and O–H groups in total. The number of ether oxygens (including phenoxy) is 2. The van der Waals surface area contributed by atoms with E-state index in [1.54, 1.807) is 20.5 Å². The van der Waals surface area contributed by atoms with Gasteiger partial charge in [-0.05, 0) is 30.3 Å². The average molecular weight is 364 g/mol. The van der Waals surface area contributed by atoms with Crippen LogP contribution >= 0.6 is 0 Å². The largest absolute Gasteiger partial charge is 0.497 e. The number of hydrogen-bond donors (Lipinski definition) is 0. The minimum absolute atomic E-state index is 0.846. The van der Waals surface area contributed by atoms with Crippen LogP contribution in [-0.2, 0) is 6.54 Å². The summed E-state index contributed by atoms with van der Waals surface area (Å²) in [6, 6.07) is 14.1. The maximum Gasteiger partial charge on any atom is 0.139 e. The van der Waals surface area contributed by atoms with Gasteiger partial charge in [0.25, 0.3) is 0 Å². The van der Waals surface area contributed by atoms with Crippen molar-refractivity contribution in [1.29, 1.82) is 0 Å². The van der Waals surface area contributed by atoms with E-state index in [4.69, 9.17) is 9.47 Å². The summed E-state index contributed by atoms with van der Waals surface area (Å²) < 4.78 is 10.9. The molecule has 4 rings (SSSR count). The molecule has 2 heterocycles. The van der Waals surface area contributed by atoms with Crippen LogP contribution < -0.4 is 14.4 Å². The molecule has 1 aromatic heterocycles. The zero-order valence-electron chi connectivity index (χ0n) is 15.8. The van der Waals surface area contributed by atoms with Gasteiger partial charge in [0.15, 0.2) is 0 Å². The first-order chi connectivity index (χ1) is 13.3. The van der Waals surface area contributed by atoms with Gasteiger partial charge in [0.2, 0.25) is 0 Å². The number of fused-ring (bicyclic) bond motifs is 1. The molecule has 6 nitrogen and oxygen atoms in total. The number of rotatable bonds is 5. The Morgan fingerprint density at radius 2 is 1.74 bits per heavy atom. The fourth-order valence-corrected chi connectivity index (χ4v) is 3.61. The van der Waals surface area contributed by atoms with E-state index in [0.29, 0.717) is 0 Å². The van der Waals surface area contributed by atoms with E-state index in [-0.39, 0.29) is 0 Å². The number of benzene rings is 2. The third kappa shape index (κ3) is 3.66. The van der Waals surface area contributed by atoms with Gasteiger partial charge in [0, 0.05) is 43.7 Å². The standard InChI is InChI=1S/C21H24N4O2/c1-26-17-7-8-20(27-2)16(13-17)14-24-9-11-25(12-10-24)21-18-5-3-4-6-19(18)22-15-23-21/h3-8,13,15H,9-12,14H2,1-2H3. The second kappa shape index (κ2) is 7.80. The molecule has 140 valence electrons. The third-order valence-electron chi connectivity index (χ3n) is 5.08. The van der Waals surface area contributed by atoms with E-state index in [2.05, 4.69) is 31.9 Å². The number of aromatic nitrogens is 2. The molecular weight excluding hydrogens is 340 g/mol. The molecule has 0 amide bonds. The number of methoxy groups -OCH3 is 2. The smallest absolute Gasteiger partial charge is 0.139 e. The number of anilines is 1. The molecule has 1 aliphatic rings. The Kier molecular flexibility index (Phi) is 5.07. The molecule has 0 spiro atoms. The molecule has 0 bridgehead atoms. The van der Waals surface area contributed by atoms with Crippen molar-refractivity contribution in [3.8, 4) is 11.5 Å². The molecule has 1 saturated heterocycles. The molecule has 0 atom stereocenters. The minimum atomic E-state index is 0.846. The fraction of sp³-hybridized carbons (Fsp3) is 0.333. The molecule has 0 radical (unpaired) electrons. The van der Waals surface area contributed by atoms with Gasteiger partial charge in [-0.1, -0.05) is 12.1 Å². The maximum atomic E-state index is 5.52. The van der Waals surface area contributed by atoms with Crippen LogP contribution in [0.1, 0.15) is 5.56 Å². The van der Waals surface area contributed by atoms with Crippen molar-refractivity contribution in [3.05, 3.63) is 54.4 Å². The second-order valence-electron chi connectivity index (χ2n) is 6.66. The highest BCUT2D eigenvalue weighted by Gasteiger charge is 2.21. The van der Waals surface area contributed by atoms with Gasteiger partial charge in [0.05, 0.1) is 19.7 Å². The molecule has 0 saturated carbocycles. The lowest BCUT2D eigenvalue weighted by Gasteiger charge is -2.36. The summed E-state index contributed by atoms with van der Waals surface area (Å²) in [4.78, 5) is 13.7. The summed E-state index contributed by atoms with van der Waals surface area (Å²) in [7, 11) is 3.40. The number of hydrogen-bond acceptors (Lipinski definition) is 6. The molecule has 27 heavy (non-hydrogen) atoms. The summed E-state index contributed by atoms with van der Waals surface area (Å²) in [5.41, 5.74) is 2.14. The summed E-state index contributed by atoms with van der Waals surface area (Å²) in [5, 5.41) is 1.11. The minimum Gasteiger partial charge on any atom is -0.497 e. The SMILES string of the molecule is COc1ccc(OC)c(CN2CCN(c3ncnc4ccccc34)CC2)c1. The number of nitrogens with zero attached hydrogens (tertiary/aromatic N) is 4. The predicted octanol–water partition coefficient (Wildman–Crippen LogP) is 2.97. The highest BCUT2D eigenvalue weighted by molar-refractivity contribution is 5.89. The zero-order valence-corrected chi connectivity index (χ0v) is 15.8. The first-order valence-electron chi connectivity index (χ1n) is 9.16. The van der Waals surface area contributed by atoms with Crippen molar-refractivity contribution in [3.63, 3.8) is 0 Å². The van der Waals surface area contributed by atoms with Crippen LogP contribution in [0.4, 0.5) is 5.82 Å². The fourth-order valence-electron chi connectivity index (χ4n) is 3.61. The molecule has 0 unspecified atom stereocenters. The Bertz CT molecular complexity index is 918. The van der Waals surface area contributed by atoms with Crippen LogP contribution in [0.3, 0.4) is 0 Å². The molecule has 2 aromatic carbocycles.